The average Bonchev–Trinajstić information content (AvgIpc) is 3.30. The number of aryl methyl sites for hydroxylation is 1. The van der Waals surface area contributed by atoms with Crippen LogP contribution < -0.4 is 15.6 Å². The molecule has 2 aromatic heterocycles. The van der Waals surface area contributed by atoms with Gasteiger partial charge < -0.3 is 19.9 Å². The van der Waals surface area contributed by atoms with E-state index in [1.807, 2.05) is 59.7 Å². The molecule has 0 saturated heterocycles. The van der Waals surface area contributed by atoms with Crippen LogP contribution in [0.5, 0.6) is 5.75 Å². The first-order valence-corrected chi connectivity index (χ1v) is 12.2. The molecule has 2 aromatic carbocycles. The van der Waals surface area contributed by atoms with Crippen molar-refractivity contribution in [2.45, 2.75) is 33.9 Å². The molecule has 0 bridgehead atoms. The number of nitrogens with one attached hydrogen (secondary N) is 2. The van der Waals surface area contributed by atoms with Gasteiger partial charge in [0.25, 0.3) is 5.56 Å². The Hall–Kier alpha value is -3.16. The van der Waals surface area contributed by atoms with Crippen LogP contribution in [0.1, 0.15) is 28.5 Å². The Morgan fingerprint density at radius 1 is 1.12 bits per heavy atom. The molecule has 0 fully saturated rings. The van der Waals surface area contributed by atoms with Gasteiger partial charge in [-0.15, -0.1) is 11.3 Å². The summed E-state index contributed by atoms with van der Waals surface area (Å²) < 4.78 is 5.63. The van der Waals surface area contributed by atoms with Gasteiger partial charge in [-0.05, 0) is 85.9 Å². The fourth-order valence-electron chi connectivity index (χ4n) is 3.68. The maximum absolute atomic E-state index is 12.9. The second-order valence-corrected chi connectivity index (χ2v) is 9.34. The van der Waals surface area contributed by atoms with Gasteiger partial charge in [0, 0.05) is 27.0 Å². The maximum atomic E-state index is 12.9. The number of H-pyrrole nitrogens is 1. The first-order valence-electron chi connectivity index (χ1n) is 10.9. The van der Waals surface area contributed by atoms with Crippen molar-refractivity contribution in [3.8, 4) is 5.75 Å². The van der Waals surface area contributed by atoms with E-state index in [-0.39, 0.29) is 5.56 Å². The molecule has 0 radical (unpaired) electrons. The van der Waals surface area contributed by atoms with Crippen LogP contribution in [0.25, 0.3) is 10.9 Å². The Labute approximate surface area is 203 Å². The number of aromatic amines is 1. The highest BCUT2D eigenvalue weighted by atomic mass is 32.1. The zero-order valence-corrected chi connectivity index (χ0v) is 20.6. The van der Waals surface area contributed by atoms with Crippen molar-refractivity contribution in [2.24, 2.45) is 0 Å². The van der Waals surface area contributed by atoms with Gasteiger partial charge in [0.2, 0.25) is 0 Å². The first kappa shape index (κ1) is 23.0. The van der Waals surface area contributed by atoms with E-state index in [9.17, 15) is 4.79 Å². The van der Waals surface area contributed by atoms with E-state index in [1.165, 1.54) is 10.4 Å². The smallest absolute Gasteiger partial charge is 0.253 e. The van der Waals surface area contributed by atoms with Crippen molar-refractivity contribution in [1.29, 1.82) is 0 Å². The predicted molar refractivity (Wildman–Crippen MR) is 141 cm³/mol. The van der Waals surface area contributed by atoms with Crippen molar-refractivity contribution >= 4 is 45.3 Å². The van der Waals surface area contributed by atoms with Crippen LogP contribution >= 0.6 is 23.6 Å². The van der Waals surface area contributed by atoms with Gasteiger partial charge in [-0.25, -0.2) is 0 Å². The van der Waals surface area contributed by atoms with Crippen LogP contribution in [-0.4, -0.2) is 21.6 Å². The van der Waals surface area contributed by atoms with Crippen molar-refractivity contribution in [1.82, 2.24) is 9.88 Å². The summed E-state index contributed by atoms with van der Waals surface area (Å²) in [5.74, 6) is 0.783. The van der Waals surface area contributed by atoms with Crippen LogP contribution in [0.3, 0.4) is 0 Å². The lowest BCUT2D eigenvalue weighted by molar-refractivity contribution is 0.340. The molecule has 0 spiro atoms. The Morgan fingerprint density at radius 2 is 1.97 bits per heavy atom. The third kappa shape index (κ3) is 5.43. The largest absolute Gasteiger partial charge is 0.494 e. The lowest BCUT2D eigenvalue weighted by atomic mass is 10.1. The van der Waals surface area contributed by atoms with E-state index in [0.29, 0.717) is 30.4 Å². The van der Waals surface area contributed by atoms with Crippen LogP contribution in [0, 0.1) is 13.8 Å². The van der Waals surface area contributed by atoms with E-state index >= 15 is 0 Å². The summed E-state index contributed by atoms with van der Waals surface area (Å²) in [6.45, 7) is 7.71. The molecule has 0 aliphatic heterocycles. The Kier molecular flexibility index (Phi) is 7.11. The van der Waals surface area contributed by atoms with Gasteiger partial charge in [0.15, 0.2) is 5.11 Å². The molecule has 170 valence electrons. The van der Waals surface area contributed by atoms with E-state index in [0.717, 1.165) is 27.9 Å². The Balaban J connectivity index is 1.65. The number of pyridine rings is 1. The quantitative estimate of drug-likeness (QED) is 0.320. The zero-order valence-electron chi connectivity index (χ0n) is 19.0. The second kappa shape index (κ2) is 10.2. The van der Waals surface area contributed by atoms with E-state index < -0.39 is 0 Å². The molecule has 0 atom stereocenters. The highest BCUT2D eigenvalue weighted by Gasteiger charge is 2.16. The molecule has 2 heterocycles. The fraction of sp³-hybridized carbons (Fsp3) is 0.231. The average molecular weight is 478 g/mol. The second-order valence-electron chi connectivity index (χ2n) is 7.92. The molecule has 7 heteroatoms. The van der Waals surface area contributed by atoms with Gasteiger partial charge in [-0.1, -0.05) is 18.2 Å². The molecule has 0 amide bonds. The normalized spacial score (nSPS) is 10.9. The van der Waals surface area contributed by atoms with E-state index in [4.69, 9.17) is 17.0 Å². The predicted octanol–water partition coefficient (Wildman–Crippen LogP) is 6.00. The number of fused-ring (bicyclic) bond motifs is 1. The summed E-state index contributed by atoms with van der Waals surface area (Å²) >= 11 is 7.49. The van der Waals surface area contributed by atoms with E-state index in [2.05, 4.69) is 36.3 Å². The zero-order chi connectivity index (χ0) is 23.4. The topological polar surface area (TPSA) is 57.4 Å². The van der Waals surface area contributed by atoms with Crippen LogP contribution in [-0.2, 0) is 13.1 Å². The van der Waals surface area contributed by atoms with Gasteiger partial charge in [0.05, 0.1) is 19.7 Å². The lowest BCUT2D eigenvalue weighted by Crippen LogP contribution is -2.35. The summed E-state index contributed by atoms with van der Waals surface area (Å²) in [5.41, 5.74) is 4.65. The number of nitrogens with zero attached hydrogens (tertiary/aromatic N) is 1. The van der Waals surface area contributed by atoms with Crippen molar-refractivity contribution < 1.29 is 4.74 Å². The standard InChI is InChI=1S/C26H27N3O2S2/c1-4-31-21-10-11-24-19(14-21)13-20(25(30)27-24)15-29(16-22-8-6-12-33-22)26(32)28-23-9-5-7-17(2)18(23)3/h5-14H,4,15-16H2,1-3H3,(H,27,30)(H,28,32). The monoisotopic (exact) mass is 477 g/mol. The maximum Gasteiger partial charge on any atom is 0.253 e. The fourth-order valence-corrected chi connectivity index (χ4v) is 4.64. The number of hydrogen-bond acceptors (Lipinski definition) is 4. The molecular formula is C26H27N3O2S2. The number of aromatic nitrogens is 1. The molecule has 2 N–H and O–H groups in total. The lowest BCUT2D eigenvalue weighted by Gasteiger charge is -2.26. The molecule has 0 aliphatic carbocycles. The minimum Gasteiger partial charge on any atom is -0.494 e. The van der Waals surface area contributed by atoms with Gasteiger partial charge in [-0.2, -0.15) is 0 Å². The molecule has 33 heavy (non-hydrogen) atoms. The number of thiophene rings is 1. The summed E-state index contributed by atoms with van der Waals surface area (Å²) in [7, 11) is 0. The van der Waals surface area contributed by atoms with Gasteiger partial charge in [-0.3, -0.25) is 4.79 Å². The van der Waals surface area contributed by atoms with Crippen molar-refractivity contribution in [3.05, 3.63) is 91.9 Å². The van der Waals surface area contributed by atoms with Crippen molar-refractivity contribution in [2.75, 3.05) is 11.9 Å². The molecule has 4 rings (SSSR count). The van der Waals surface area contributed by atoms with Crippen LogP contribution in [0.15, 0.2) is 64.8 Å². The number of rotatable bonds is 7. The number of thiocarbonyl (C=S) groups is 1. The number of ether oxygens (including phenoxy) is 1. The first-order chi connectivity index (χ1) is 15.9. The molecule has 0 saturated carbocycles. The summed E-state index contributed by atoms with van der Waals surface area (Å²) in [6.07, 6.45) is 0. The van der Waals surface area contributed by atoms with Gasteiger partial charge >= 0.3 is 0 Å². The minimum absolute atomic E-state index is 0.114. The number of hydrogen-bond donors (Lipinski definition) is 2. The highest BCUT2D eigenvalue weighted by Crippen LogP contribution is 2.22. The summed E-state index contributed by atoms with van der Waals surface area (Å²) in [5, 5.41) is 6.96. The third-order valence-electron chi connectivity index (χ3n) is 5.63. The molecular weight excluding hydrogens is 450 g/mol. The minimum atomic E-state index is -0.114. The Morgan fingerprint density at radius 3 is 2.73 bits per heavy atom. The van der Waals surface area contributed by atoms with Crippen molar-refractivity contribution in [3.63, 3.8) is 0 Å². The SMILES string of the molecule is CCOc1ccc2[nH]c(=O)c(CN(Cc3cccs3)C(=S)Nc3cccc(C)c3C)cc2c1. The summed E-state index contributed by atoms with van der Waals surface area (Å²) in [4.78, 5) is 19.1. The van der Waals surface area contributed by atoms with Crippen LogP contribution in [0.2, 0.25) is 0 Å². The van der Waals surface area contributed by atoms with Crippen LogP contribution in [0.4, 0.5) is 5.69 Å². The highest BCUT2D eigenvalue weighted by molar-refractivity contribution is 7.80. The summed E-state index contributed by atoms with van der Waals surface area (Å²) in [6, 6.07) is 17.9. The van der Waals surface area contributed by atoms with Gasteiger partial charge in [0.1, 0.15) is 5.75 Å². The van der Waals surface area contributed by atoms with E-state index in [1.54, 1.807) is 11.3 Å². The molecule has 0 aliphatic rings. The Bertz CT molecular complexity index is 1330. The number of anilines is 1. The molecule has 0 unspecified atom stereocenters. The molecule has 4 aromatic rings. The third-order valence-corrected chi connectivity index (χ3v) is 6.85. The molecule has 5 nitrogen and oxygen atoms in total. The number of benzene rings is 2.